The second-order valence-electron chi connectivity index (χ2n) is 11.4. The molecule has 3 amide bonds. The zero-order valence-corrected chi connectivity index (χ0v) is 25.1. The van der Waals surface area contributed by atoms with Gasteiger partial charge in [-0.1, -0.05) is 12.1 Å². The van der Waals surface area contributed by atoms with Crippen LogP contribution in [-0.2, 0) is 23.1 Å². The molecule has 2 atom stereocenters. The molecule has 1 saturated heterocycles. The number of hydrogen-bond acceptors (Lipinski definition) is 7. The van der Waals surface area contributed by atoms with Crippen LogP contribution in [0, 0.1) is 18.3 Å². The lowest BCUT2D eigenvalue weighted by atomic mass is 9.67. The average molecular weight is 583 g/mol. The molecule has 1 aliphatic heterocycles. The molecule has 1 fully saturated rings. The number of aromatic amines is 1. The Balaban J connectivity index is 1.62. The molecule has 0 radical (unpaired) electrons. The van der Waals surface area contributed by atoms with Gasteiger partial charge in [0.15, 0.2) is 0 Å². The predicted molar refractivity (Wildman–Crippen MR) is 161 cm³/mol. The summed E-state index contributed by atoms with van der Waals surface area (Å²) in [7, 11) is 3.22. The molecule has 2 heterocycles. The number of aryl methyl sites for hydroxylation is 3. The predicted octanol–water partition coefficient (Wildman–Crippen LogP) is 2.15. The normalized spacial score (nSPS) is 17.7. The molecule has 224 valence electrons. The second-order valence-corrected chi connectivity index (χ2v) is 11.4. The summed E-state index contributed by atoms with van der Waals surface area (Å²) in [6.45, 7) is 4.59. The fraction of sp³-hybridized carbons (Fsp3) is 0.438. The molecule has 0 bridgehead atoms. The molecule has 0 spiro atoms. The summed E-state index contributed by atoms with van der Waals surface area (Å²) in [4.78, 5) is 43.4. The first-order valence-corrected chi connectivity index (χ1v) is 14.7. The lowest BCUT2D eigenvalue weighted by molar-refractivity contribution is -0.130. The summed E-state index contributed by atoms with van der Waals surface area (Å²) in [6.07, 6.45) is 3.36. The second kappa shape index (κ2) is 12.4. The number of rotatable bonds is 8. The average Bonchev–Trinajstić information content (AvgIpc) is 3.67. The molecule has 1 aromatic heterocycles. The molecular formula is C32H38N8O3. The van der Waals surface area contributed by atoms with Crippen molar-refractivity contribution in [2.75, 3.05) is 27.2 Å². The highest BCUT2D eigenvalue weighted by Gasteiger charge is 2.45. The molecule has 43 heavy (non-hydrogen) atoms. The van der Waals surface area contributed by atoms with Crippen molar-refractivity contribution in [3.8, 4) is 6.07 Å². The molecule has 11 nitrogen and oxygen atoms in total. The van der Waals surface area contributed by atoms with E-state index in [2.05, 4.69) is 37.2 Å². The summed E-state index contributed by atoms with van der Waals surface area (Å²) in [6, 6.07) is 13.2. The van der Waals surface area contributed by atoms with Crippen molar-refractivity contribution in [2.24, 2.45) is 0 Å². The number of nitriles is 1. The number of H-pyrrole nitrogens is 1. The maximum Gasteiger partial charge on any atom is 0.251 e. The van der Waals surface area contributed by atoms with Crippen LogP contribution < -0.4 is 16.0 Å². The van der Waals surface area contributed by atoms with Crippen molar-refractivity contribution in [1.82, 2.24) is 36.0 Å². The lowest BCUT2D eigenvalue weighted by Gasteiger charge is -2.37. The molecule has 2 aliphatic rings. The van der Waals surface area contributed by atoms with Crippen molar-refractivity contribution >= 4 is 17.7 Å². The standard InChI is InChI=1S/C32H38N8O3/c1-19(36-18-28(41)40-13-5-6-25(40)17-33)16-32(31-37-20(2)38-39-31)26-11-9-23(29(42)34-3)14-21(26)7-8-22-15-24(30(43)35-4)10-12-27(22)32/h9-12,14-15,19,25,36H,5-8,13,16,18H2,1-4H3,(H,34,42)(H,35,43)(H,37,38,39)/t19-,25?/m0/s1. The number of carbonyl (C=O) groups excluding carboxylic acids is 3. The van der Waals surface area contributed by atoms with E-state index in [0.29, 0.717) is 55.0 Å². The van der Waals surface area contributed by atoms with Gasteiger partial charge in [0, 0.05) is 37.8 Å². The van der Waals surface area contributed by atoms with Gasteiger partial charge in [0.2, 0.25) is 5.91 Å². The largest absolute Gasteiger partial charge is 0.355 e. The fourth-order valence-electron chi connectivity index (χ4n) is 6.62. The van der Waals surface area contributed by atoms with Crippen LogP contribution in [0.1, 0.15) is 80.8 Å². The van der Waals surface area contributed by atoms with Crippen molar-refractivity contribution in [2.45, 2.75) is 63.5 Å². The monoisotopic (exact) mass is 582 g/mol. The number of carbonyl (C=O) groups is 3. The van der Waals surface area contributed by atoms with E-state index >= 15 is 0 Å². The third-order valence-corrected chi connectivity index (χ3v) is 8.71. The van der Waals surface area contributed by atoms with Crippen LogP contribution in [-0.4, -0.2) is 77.1 Å². The maximum atomic E-state index is 13.1. The van der Waals surface area contributed by atoms with Gasteiger partial charge in [-0.2, -0.15) is 5.26 Å². The Morgan fingerprint density at radius 1 is 1.05 bits per heavy atom. The van der Waals surface area contributed by atoms with E-state index in [9.17, 15) is 19.6 Å². The van der Waals surface area contributed by atoms with Crippen molar-refractivity contribution in [1.29, 1.82) is 5.26 Å². The lowest BCUT2D eigenvalue weighted by Crippen LogP contribution is -2.45. The highest BCUT2D eigenvalue weighted by Crippen LogP contribution is 2.47. The summed E-state index contributed by atoms with van der Waals surface area (Å²) in [5.74, 6) is 0.891. The van der Waals surface area contributed by atoms with Gasteiger partial charge in [0.25, 0.3) is 11.8 Å². The third kappa shape index (κ3) is 5.62. The zero-order chi connectivity index (χ0) is 30.7. The van der Waals surface area contributed by atoms with Crippen molar-refractivity contribution in [3.63, 3.8) is 0 Å². The number of benzene rings is 2. The Morgan fingerprint density at radius 3 is 2.16 bits per heavy atom. The third-order valence-electron chi connectivity index (χ3n) is 8.71. The molecule has 11 heteroatoms. The van der Waals surface area contributed by atoms with Gasteiger partial charge in [-0.15, -0.1) is 10.2 Å². The fourth-order valence-corrected chi connectivity index (χ4v) is 6.62. The van der Waals surface area contributed by atoms with E-state index in [1.54, 1.807) is 19.0 Å². The number of hydrogen-bond donors (Lipinski definition) is 4. The van der Waals surface area contributed by atoms with Crippen LogP contribution in [0.2, 0.25) is 0 Å². The van der Waals surface area contributed by atoms with E-state index in [1.807, 2.05) is 50.2 Å². The van der Waals surface area contributed by atoms with Gasteiger partial charge >= 0.3 is 0 Å². The molecule has 0 saturated carbocycles. The number of nitrogens with one attached hydrogen (secondary N) is 4. The van der Waals surface area contributed by atoms with Crippen LogP contribution in [0.5, 0.6) is 0 Å². The number of amides is 3. The summed E-state index contributed by atoms with van der Waals surface area (Å²) in [5.41, 5.74) is 4.29. The summed E-state index contributed by atoms with van der Waals surface area (Å²) >= 11 is 0. The van der Waals surface area contributed by atoms with Gasteiger partial charge in [-0.05, 0) is 92.5 Å². The van der Waals surface area contributed by atoms with E-state index < -0.39 is 5.41 Å². The van der Waals surface area contributed by atoms with E-state index in [1.165, 1.54) is 0 Å². The van der Waals surface area contributed by atoms with Gasteiger partial charge in [0.05, 0.1) is 18.0 Å². The first-order valence-electron chi connectivity index (χ1n) is 14.7. The first kappa shape index (κ1) is 29.9. The van der Waals surface area contributed by atoms with Gasteiger partial charge in [-0.3, -0.25) is 14.4 Å². The smallest absolute Gasteiger partial charge is 0.251 e. The molecule has 2 aromatic carbocycles. The van der Waals surface area contributed by atoms with Crippen molar-refractivity contribution in [3.05, 3.63) is 81.4 Å². The first-order chi connectivity index (χ1) is 20.7. The zero-order valence-electron chi connectivity index (χ0n) is 25.1. The van der Waals surface area contributed by atoms with E-state index in [0.717, 1.165) is 28.7 Å². The number of aromatic nitrogens is 3. The Hall–Kier alpha value is -4.56. The Labute approximate surface area is 251 Å². The number of likely N-dealkylation sites (tertiary alicyclic amines) is 1. The molecule has 1 aliphatic carbocycles. The van der Waals surface area contributed by atoms with Crippen LogP contribution in [0.3, 0.4) is 0 Å². The molecule has 4 N–H and O–H groups in total. The van der Waals surface area contributed by atoms with Gasteiger partial charge in [0.1, 0.15) is 17.7 Å². The van der Waals surface area contributed by atoms with E-state index in [4.69, 9.17) is 0 Å². The molecule has 5 rings (SSSR count). The Morgan fingerprint density at radius 2 is 1.65 bits per heavy atom. The SMILES string of the molecule is CNC(=O)c1ccc2c(c1)CCc1cc(C(=O)NC)ccc1C2(C[C@H](C)NCC(=O)N1CCCC1C#N)c1nnc(C)[nH]1. The van der Waals surface area contributed by atoms with Crippen LogP contribution in [0.25, 0.3) is 0 Å². The molecular weight excluding hydrogens is 544 g/mol. The van der Waals surface area contributed by atoms with Crippen LogP contribution in [0.15, 0.2) is 36.4 Å². The van der Waals surface area contributed by atoms with Crippen molar-refractivity contribution < 1.29 is 14.4 Å². The summed E-state index contributed by atoms with van der Waals surface area (Å²) < 4.78 is 0. The minimum atomic E-state index is -0.830. The van der Waals surface area contributed by atoms with Gasteiger partial charge < -0.3 is 25.8 Å². The van der Waals surface area contributed by atoms with Gasteiger partial charge in [-0.25, -0.2) is 0 Å². The topological polar surface area (TPSA) is 156 Å². The minimum Gasteiger partial charge on any atom is -0.355 e. The van der Waals surface area contributed by atoms with Crippen LogP contribution >= 0.6 is 0 Å². The quantitative estimate of drug-likeness (QED) is 0.317. The highest BCUT2D eigenvalue weighted by molar-refractivity contribution is 5.95. The Bertz CT molecular complexity index is 1520. The maximum absolute atomic E-state index is 13.1. The molecule has 1 unspecified atom stereocenters. The Kier molecular flexibility index (Phi) is 8.59. The number of nitrogens with zero attached hydrogens (tertiary/aromatic N) is 4. The van der Waals surface area contributed by atoms with E-state index in [-0.39, 0.29) is 36.3 Å². The highest BCUT2D eigenvalue weighted by atomic mass is 16.2. The molecule has 3 aromatic rings. The van der Waals surface area contributed by atoms with Crippen LogP contribution in [0.4, 0.5) is 0 Å². The minimum absolute atomic E-state index is 0.0902. The summed E-state index contributed by atoms with van der Waals surface area (Å²) in [5, 5.41) is 27.3. The number of fused-ring (bicyclic) bond motifs is 2.